The number of carbonyl (C=O) groups excluding carboxylic acids is 3. The molecule has 0 aliphatic heterocycles. The molecule has 0 radical (unpaired) electrons. The molecule has 0 aliphatic rings. The van der Waals surface area contributed by atoms with E-state index in [1.165, 1.54) is 19.3 Å². The highest BCUT2D eigenvalue weighted by molar-refractivity contribution is 5.70. The number of hydrogen-bond acceptors (Lipinski definition) is 7. The molecule has 0 bridgehead atoms. The number of esters is 2. The second kappa shape index (κ2) is 36.5. The predicted octanol–water partition coefficient (Wildman–Crippen LogP) is 9.63. The summed E-state index contributed by atoms with van der Waals surface area (Å²) in [6.45, 7) is 4.29. The van der Waals surface area contributed by atoms with Crippen molar-refractivity contribution in [2.24, 2.45) is 0 Å². The van der Waals surface area contributed by atoms with E-state index in [1.807, 2.05) is 12.2 Å². The van der Waals surface area contributed by atoms with Crippen LogP contribution in [-0.2, 0) is 28.6 Å². The SMILES string of the molecule is CC/C=C/C/C=C/C/C=C/C/C=C/C/C=C/CCCCCCCCCC(=O)OCC(COCCC(C(=O)[O-])[N+](C)(C)C)OC(=O)CC/C=C/C/C=C/CC. The maximum absolute atomic E-state index is 12.5. The van der Waals surface area contributed by atoms with Gasteiger partial charge in [0.25, 0.3) is 0 Å². The molecule has 306 valence electrons. The van der Waals surface area contributed by atoms with Gasteiger partial charge in [0, 0.05) is 19.3 Å². The van der Waals surface area contributed by atoms with Crippen molar-refractivity contribution in [1.29, 1.82) is 0 Å². The Balaban J connectivity index is 4.24. The Morgan fingerprint density at radius 2 is 1.02 bits per heavy atom. The van der Waals surface area contributed by atoms with Crippen LogP contribution in [0.25, 0.3) is 0 Å². The van der Waals surface area contributed by atoms with Gasteiger partial charge in [-0.2, -0.15) is 0 Å². The van der Waals surface area contributed by atoms with Gasteiger partial charge in [-0.1, -0.05) is 131 Å². The van der Waals surface area contributed by atoms with Gasteiger partial charge < -0.3 is 28.6 Å². The van der Waals surface area contributed by atoms with E-state index in [9.17, 15) is 19.5 Å². The summed E-state index contributed by atoms with van der Waals surface area (Å²) in [4.78, 5) is 36.5. The Morgan fingerprint density at radius 1 is 0.556 bits per heavy atom. The first-order valence-electron chi connectivity index (χ1n) is 20.6. The predicted molar refractivity (Wildman–Crippen MR) is 222 cm³/mol. The van der Waals surface area contributed by atoms with Crippen LogP contribution in [0.4, 0.5) is 0 Å². The standard InChI is InChI=1S/C46H75NO7/c1-6-8-10-12-14-15-16-17-18-19-20-21-22-23-24-25-26-27-28-29-31-32-34-36-44(48)53-41-42(40-52-39-38-43(46(50)51)47(3,4)5)54-45(49)37-35-33-30-13-11-9-7-2/h8-11,14-15,17-18,20-21,23-24,30,33,42-43H,6-7,12-13,16,19,22,25-29,31-32,34-41H2,1-5H3/b10-8+,11-9+,15-14+,18-17+,21-20+,24-23+,33-30+. The van der Waals surface area contributed by atoms with Crippen molar-refractivity contribution >= 4 is 17.9 Å². The highest BCUT2D eigenvalue weighted by Crippen LogP contribution is 2.12. The molecule has 8 nitrogen and oxygen atoms in total. The molecule has 0 aromatic carbocycles. The van der Waals surface area contributed by atoms with Crippen molar-refractivity contribution < 1.29 is 38.2 Å². The van der Waals surface area contributed by atoms with E-state index in [0.29, 0.717) is 12.8 Å². The van der Waals surface area contributed by atoms with Gasteiger partial charge in [-0.15, -0.1) is 0 Å². The minimum atomic E-state index is -1.14. The largest absolute Gasteiger partial charge is 0.544 e. The topological polar surface area (TPSA) is 102 Å². The third-order valence-corrected chi connectivity index (χ3v) is 8.54. The number of nitrogens with zero attached hydrogens (tertiary/aromatic N) is 1. The lowest BCUT2D eigenvalue weighted by molar-refractivity contribution is -0.889. The van der Waals surface area contributed by atoms with Gasteiger partial charge in [-0.3, -0.25) is 9.59 Å². The maximum atomic E-state index is 12.5. The number of carbonyl (C=O) groups is 3. The maximum Gasteiger partial charge on any atom is 0.306 e. The zero-order chi connectivity index (χ0) is 40.0. The van der Waals surface area contributed by atoms with Crippen molar-refractivity contribution in [3.8, 4) is 0 Å². The van der Waals surface area contributed by atoms with E-state index in [4.69, 9.17) is 14.2 Å². The number of rotatable bonds is 35. The summed E-state index contributed by atoms with van der Waals surface area (Å²) < 4.78 is 17.0. The quantitative estimate of drug-likeness (QED) is 0.0275. The summed E-state index contributed by atoms with van der Waals surface area (Å²) in [5, 5.41) is 11.6. The lowest BCUT2D eigenvalue weighted by Gasteiger charge is -2.34. The molecule has 2 unspecified atom stereocenters. The van der Waals surface area contributed by atoms with Crippen LogP contribution < -0.4 is 5.11 Å². The van der Waals surface area contributed by atoms with Crippen LogP contribution in [0.3, 0.4) is 0 Å². The molecule has 54 heavy (non-hydrogen) atoms. The number of likely N-dealkylation sites (N-methyl/N-ethyl adjacent to an activating group) is 1. The molecule has 0 saturated carbocycles. The van der Waals surface area contributed by atoms with Crippen LogP contribution in [0, 0.1) is 0 Å². The number of quaternary nitrogens is 1. The number of carboxylic acids is 1. The fourth-order valence-corrected chi connectivity index (χ4v) is 5.39. The molecule has 0 saturated heterocycles. The van der Waals surface area contributed by atoms with Crippen molar-refractivity contribution in [1.82, 2.24) is 0 Å². The fourth-order valence-electron chi connectivity index (χ4n) is 5.39. The fraction of sp³-hybridized carbons (Fsp3) is 0.630. The molecule has 2 atom stereocenters. The monoisotopic (exact) mass is 754 g/mol. The molecule has 0 N–H and O–H groups in total. The zero-order valence-corrected chi connectivity index (χ0v) is 34.6. The molecule has 0 spiro atoms. The lowest BCUT2D eigenvalue weighted by atomic mass is 10.1. The first kappa shape index (κ1) is 50.5. The van der Waals surface area contributed by atoms with Gasteiger partial charge in [0.05, 0.1) is 40.3 Å². The molecule has 0 aromatic rings. The Labute approximate surface area is 329 Å². The summed E-state index contributed by atoms with van der Waals surface area (Å²) in [7, 11) is 5.36. The number of allylic oxidation sites excluding steroid dienone is 14. The number of aliphatic carboxylic acids is 1. The average molecular weight is 754 g/mol. The van der Waals surface area contributed by atoms with Crippen molar-refractivity contribution in [3.05, 3.63) is 85.1 Å². The van der Waals surface area contributed by atoms with Crippen LogP contribution >= 0.6 is 0 Å². The van der Waals surface area contributed by atoms with E-state index in [0.717, 1.165) is 77.0 Å². The second-order valence-corrected chi connectivity index (χ2v) is 14.5. The molecular weight excluding hydrogens is 679 g/mol. The summed E-state index contributed by atoms with van der Waals surface area (Å²) >= 11 is 0. The number of unbranched alkanes of at least 4 members (excludes halogenated alkanes) is 7. The van der Waals surface area contributed by atoms with Gasteiger partial charge in [0.2, 0.25) is 0 Å². The van der Waals surface area contributed by atoms with E-state index in [2.05, 4.69) is 86.8 Å². The molecular formula is C46H75NO7. The number of carboxylic acid groups (broad SMARTS) is 1. The smallest absolute Gasteiger partial charge is 0.306 e. The molecule has 0 aromatic heterocycles. The third kappa shape index (κ3) is 34.3. The molecule has 0 aliphatic carbocycles. The van der Waals surface area contributed by atoms with E-state index >= 15 is 0 Å². The summed E-state index contributed by atoms with van der Waals surface area (Å²) in [5.74, 6) is -1.86. The molecule has 0 rings (SSSR count). The van der Waals surface area contributed by atoms with Gasteiger partial charge in [-0.25, -0.2) is 0 Å². The van der Waals surface area contributed by atoms with Crippen molar-refractivity contribution in [2.75, 3.05) is 41.0 Å². The zero-order valence-electron chi connectivity index (χ0n) is 34.6. The first-order valence-corrected chi connectivity index (χ1v) is 20.6. The Kier molecular flexibility index (Phi) is 34.1. The third-order valence-electron chi connectivity index (χ3n) is 8.54. The Morgan fingerprint density at radius 3 is 1.52 bits per heavy atom. The van der Waals surface area contributed by atoms with Crippen LogP contribution in [-0.4, -0.2) is 75.5 Å². The Hall–Kier alpha value is -3.49. The molecule has 8 heteroatoms. The minimum absolute atomic E-state index is 0.00859. The van der Waals surface area contributed by atoms with E-state index in [-0.39, 0.29) is 43.1 Å². The van der Waals surface area contributed by atoms with Crippen LogP contribution in [0.1, 0.15) is 136 Å². The molecule has 0 heterocycles. The minimum Gasteiger partial charge on any atom is -0.544 e. The second-order valence-electron chi connectivity index (χ2n) is 14.5. The highest BCUT2D eigenvalue weighted by atomic mass is 16.6. The summed E-state index contributed by atoms with van der Waals surface area (Å²) in [5.41, 5.74) is 0. The van der Waals surface area contributed by atoms with E-state index < -0.39 is 24.1 Å². The van der Waals surface area contributed by atoms with Gasteiger partial charge in [0.1, 0.15) is 12.6 Å². The average Bonchev–Trinajstić information content (AvgIpc) is 3.12. The number of hydrogen-bond donors (Lipinski definition) is 0. The van der Waals surface area contributed by atoms with Gasteiger partial charge in [-0.05, 0) is 70.6 Å². The van der Waals surface area contributed by atoms with E-state index in [1.54, 1.807) is 21.1 Å². The Bertz CT molecular complexity index is 1160. The van der Waals surface area contributed by atoms with Crippen molar-refractivity contribution in [2.45, 2.75) is 148 Å². The normalized spacial score (nSPS) is 13.9. The lowest BCUT2D eigenvalue weighted by Crippen LogP contribution is -2.55. The summed E-state index contributed by atoms with van der Waals surface area (Å²) in [6, 6.07) is -0.739. The summed E-state index contributed by atoms with van der Waals surface area (Å²) in [6.07, 6.45) is 46.6. The van der Waals surface area contributed by atoms with Crippen molar-refractivity contribution in [3.63, 3.8) is 0 Å². The molecule has 0 amide bonds. The van der Waals surface area contributed by atoms with Gasteiger partial charge >= 0.3 is 11.9 Å². The highest BCUT2D eigenvalue weighted by Gasteiger charge is 2.25. The number of ether oxygens (including phenoxy) is 3. The first-order chi connectivity index (χ1) is 26.1. The molecule has 0 fully saturated rings. The van der Waals surface area contributed by atoms with Crippen LogP contribution in [0.2, 0.25) is 0 Å². The van der Waals surface area contributed by atoms with Gasteiger partial charge in [0.15, 0.2) is 6.10 Å². The van der Waals surface area contributed by atoms with Crippen LogP contribution in [0.5, 0.6) is 0 Å². The van der Waals surface area contributed by atoms with Crippen LogP contribution in [0.15, 0.2) is 85.1 Å².